The van der Waals surface area contributed by atoms with Crippen LogP contribution in [0.2, 0.25) is 0 Å². The maximum Gasteiger partial charge on any atom is 0.167 e. The van der Waals surface area contributed by atoms with Crippen molar-refractivity contribution in [3.63, 3.8) is 0 Å². The number of fused-ring (bicyclic) bond motifs is 1. The molecule has 0 aliphatic heterocycles. The second-order valence-corrected chi connectivity index (χ2v) is 4.83. The van der Waals surface area contributed by atoms with Crippen molar-refractivity contribution in [2.45, 2.75) is 13.5 Å². The number of H-pyrrole nitrogens is 1. The van der Waals surface area contributed by atoms with Gasteiger partial charge in [-0.05, 0) is 48.2 Å². The van der Waals surface area contributed by atoms with Crippen LogP contribution in [0.1, 0.15) is 12.5 Å². The molecule has 0 radical (unpaired) electrons. The fourth-order valence-corrected chi connectivity index (χ4v) is 2.30. The molecule has 21 heavy (non-hydrogen) atoms. The summed E-state index contributed by atoms with van der Waals surface area (Å²) in [7, 11) is 0. The molecule has 3 nitrogen and oxygen atoms in total. The number of nitrogens with one attached hydrogen (secondary N) is 2. The van der Waals surface area contributed by atoms with E-state index < -0.39 is 0 Å². The number of anilines is 1. The highest BCUT2D eigenvalue weighted by Crippen LogP contribution is 2.22. The van der Waals surface area contributed by atoms with Gasteiger partial charge in [0.05, 0.1) is 6.61 Å². The number of benzene rings is 2. The van der Waals surface area contributed by atoms with Gasteiger partial charge in [0.1, 0.15) is 0 Å². The molecular weight excluding hydrogens is 267 g/mol. The highest BCUT2D eigenvalue weighted by atomic mass is 19.1. The molecule has 0 aliphatic carbocycles. The van der Waals surface area contributed by atoms with Crippen LogP contribution in [0.15, 0.2) is 48.7 Å². The van der Waals surface area contributed by atoms with Crippen LogP contribution in [-0.2, 0) is 6.54 Å². The summed E-state index contributed by atoms with van der Waals surface area (Å²) >= 11 is 0. The topological polar surface area (TPSA) is 37.0 Å². The van der Waals surface area contributed by atoms with E-state index in [2.05, 4.69) is 22.4 Å². The minimum atomic E-state index is -0.345. The standard InChI is InChI=1S/C17H17FN2O/c1-2-21-17-6-4-14(10-15(17)18)20-11-12-3-5-16-13(9-12)7-8-19-16/h3-10,19-20H,2,11H2,1H3. The van der Waals surface area contributed by atoms with Gasteiger partial charge in [-0.2, -0.15) is 0 Å². The third-order valence-electron chi connectivity index (χ3n) is 3.35. The molecule has 1 aromatic heterocycles. The number of rotatable bonds is 5. The van der Waals surface area contributed by atoms with Crippen LogP contribution in [0.25, 0.3) is 10.9 Å². The van der Waals surface area contributed by atoms with Crippen LogP contribution in [-0.4, -0.2) is 11.6 Å². The van der Waals surface area contributed by atoms with Crippen molar-refractivity contribution < 1.29 is 9.13 Å². The Morgan fingerprint density at radius 3 is 2.86 bits per heavy atom. The maximum atomic E-state index is 13.8. The van der Waals surface area contributed by atoms with E-state index in [1.165, 1.54) is 11.5 Å². The third kappa shape index (κ3) is 2.99. The molecule has 0 fully saturated rings. The molecule has 1 heterocycles. The first-order valence-corrected chi connectivity index (χ1v) is 6.98. The van der Waals surface area contributed by atoms with E-state index >= 15 is 0 Å². The summed E-state index contributed by atoms with van der Waals surface area (Å²) in [6.45, 7) is 2.94. The summed E-state index contributed by atoms with van der Waals surface area (Å²) in [5.74, 6) is -0.0558. The Bertz CT molecular complexity index is 751. The zero-order chi connectivity index (χ0) is 14.7. The smallest absolute Gasteiger partial charge is 0.167 e. The number of halogens is 1. The first-order valence-electron chi connectivity index (χ1n) is 6.98. The molecule has 108 valence electrons. The van der Waals surface area contributed by atoms with Crippen molar-refractivity contribution in [2.75, 3.05) is 11.9 Å². The Labute approximate surface area is 122 Å². The lowest BCUT2D eigenvalue weighted by Gasteiger charge is -2.09. The van der Waals surface area contributed by atoms with Gasteiger partial charge >= 0.3 is 0 Å². The van der Waals surface area contributed by atoms with E-state index in [0.717, 1.165) is 16.8 Å². The summed E-state index contributed by atoms with van der Waals surface area (Å²) in [6, 6.07) is 13.2. The second kappa shape index (κ2) is 5.87. The molecule has 4 heteroatoms. The van der Waals surface area contributed by atoms with Crippen molar-refractivity contribution in [2.24, 2.45) is 0 Å². The first kappa shape index (κ1) is 13.5. The minimum absolute atomic E-state index is 0.289. The van der Waals surface area contributed by atoms with Gasteiger partial charge in [0.25, 0.3) is 0 Å². The molecule has 2 N–H and O–H groups in total. The summed E-state index contributed by atoms with van der Waals surface area (Å²) in [5, 5.41) is 4.40. The highest BCUT2D eigenvalue weighted by molar-refractivity contribution is 5.79. The number of aromatic amines is 1. The van der Waals surface area contributed by atoms with E-state index in [0.29, 0.717) is 13.2 Å². The molecule has 3 rings (SSSR count). The minimum Gasteiger partial charge on any atom is -0.491 e. The summed E-state index contributed by atoms with van der Waals surface area (Å²) < 4.78 is 18.9. The van der Waals surface area contributed by atoms with Crippen LogP contribution in [0.5, 0.6) is 5.75 Å². The van der Waals surface area contributed by atoms with Crippen LogP contribution < -0.4 is 10.1 Å². The zero-order valence-corrected chi connectivity index (χ0v) is 11.8. The van der Waals surface area contributed by atoms with Crippen molar-refractivity contribution in [1.29, 1.82) is 0 Å². The van der Waals surface area contributed by atoms with Gasteiger partial charge in [0.15, 0.2) is 11.6 Å². The average molecular weight is 284 g/mol. The van der Waals surface area contributed by atoms with E-state index in [1.807, 2.05) is 31.3 Å². The predicted octanol–water partition coefficient (Wildman–Crippen LogP) is 4.32. The summed E-state index contributed by atoms with van der Waals surface area (Å²) in [4.78, 5) is 3.16. The number of ether oxygens (including phenoxy) is 1. The van der Waals surface area contributed by atoms with E-state index in [1.54, 1.807) is 6.07 Å². The fourth-order valence-electron chi connectivity index (χ4n) is 2.30. The number of hydrogen-bond acceptors (Lipinski definition) is 2. The molecule has 3 aromatic rings. The summed E-state index contributed by atoms with van der Waals surface area (Å²) in [5.41, 5.74) is 3.01. The molecule has 0 saturated heterocycles. The monoisotopic (exact) mass is 284 g/mol. The van der Waals surface area contributed by atoms with Crippen LogP contribution in [0, 0.1) is 5.82 Å². The van der Waals surface area contributed by atoms with Gasteiger partial charge in [-0.3, -0.25) is 0 Å². The van der Waals surface area contributed by atoms with E-state index in [4.69, 9.17) is 4.74 Å². The van der Waals surface area contributed by atoms with Crippen molar-refractivity contribution in [3.8, 4) is 5.75 Å². The molecule has 0 amide bonds. The predicted molar refractivity (Wildman–Crippen MR) is 83.2 cm³/mol. The van der Waals surface area contributed by atoms with Gasteiger partial charge in [-0.15, -0.1) is 0 Å². The largest absolute Gasteiger partial charge is 0.491 e. The normalized spacial score (nSPS) is 10.8. The Kier molecular flexibility index (Phi) is 3.77. The SMILES string of the molecule is CCOc1ccc(NCc2ccc3[nH]ccc3c2)cc1F. The molecule has 0 spiro atoms. The molecule has 0 unspecified atom stereocenters. The van der Waals surface area contributed by atoms with Crippen molar-refractivity contribution >= 4 is 16.6 Å². The Balaban J connectivity index is 1.70. The van der Waals surface area contributed by atoms with Crippen LogP contribution >= 0.6 is 0 Å². The Morgan fingerprint density at radius 1 is 1.14 bits per heavy atom. The first-order chi connectivity index (χ1) is 10.3. The molecule has 2 aromatic carbocycles. The average Bonchev–Trinajstić information content (AvgIpc) is 2.95. The van der Waals surface area contributed by atoms with E-state index in [9.17, 15) is 4.39 Å². The van der Waals surface area contributed by atoms with Crippen LogP contribution in [0.3, 0.4) is 0 Å². The van der Waals surface area contributed by atoms with Crippen molar-refractivity contribution in [1.82, 2.24) is 4.98 Å². The second-order valence-electron chi connectivity index (χ2n) is 4.83. The van der Waals surface area contributed by atoms with Gasteiger partial charge in [0, 0.05) is 30.0 Å². The summed E-state index contributed by atoms with van der Waals surface area (Å²) in [6.07, 6.45) is 1.92. The van der Waals surface area contributed by atoms with Crippen molar-refractivity contribution in [3.05, 3.63) is 60.0 Å². The van der Waals surface area contributed by atoms with E-state index in [-0.39, 0.29) is 11.6 Å². The maximum absolute atomic E-state index is 13.8. The van der Waals surface area contributed by atoms with Crippen LogP contribution in [0.4, 0.5) is 10.1 Å². The van der Waals surface area contributed by atoms with Gasteiger partial charge in [-0.1, -0.05) is 6.07 Å². The fraction of sp³-hybridized carbons (Fsp3) is 0.176. The molecule has 0 saturated carbocycles. The zero-order valence-electron chi connectivity index (χ0n) is 11.8. The number of hydrogen-bond donors (Lipinski definition) is 2. The molecule has 0 bridgehead atoms. The van der Waals surface area contributed by atoms with Gasteiger partial charge in [0.2, 0.25) is 0 Å². The highest BCUT2D eigenvalue weighted by Gasteiger charge is 2.04. The third-order valence-corrected chi connectivity index (χ3v) is 3.35. The molecule has 0 aliphatic rings. The number of aromatic nitrogens is 1. The van der Waals surface area contributed by atoms with Gasteiger partial charge < -0.3 is 15.0 Å². The lowest BCUT2D eigenvalue weighted by molar-refractivity contribution is 0.321. The van der Waals surface area contributed by atoms with Gasteiger partial charge in [-0.25, -0.2) is 4.39 Å². The Hall–Kier alpha value is -2.49. The quantitative estimate of drug-likeness (QED) is 0.732. The lowest BCUT2D eigenvalue weighted by Crippen LogP contribution is -2.01. The Morgan fingerprint density at radius 2 is 2.05 bits per heavy atom. The molecule has 0 atom stereocenters. The molecular formula is C17H17FN2O. The lowest BCUT2D eigenvalue weighted by atomic mass is 10.1.